The van der Waals surface area contributed by atoms with Gasteiger partial charge in [-0.15, -0.1) is 0 Å². The van der Waals surface area contributed by atoms with E-state index in [1.165, 1.54) is 0 Å². The van der Waals surface area contributed by atoms with E-state index >= 15 is 0 Å². The largest absolute Gasteiger partial charge is 0.444 e. The number of amides is 1. The number of aromatic nitrogens is 2. The van der Waals surface area contributed by atoms with E-state index in [2.05, 4.69) is 10.4 Å². The number of nitrogens with two attached hydrogens (primary N) is 1. The minimum absolute atomic E-state index is 0.291. The van der Waals surface area contributed by atoms with Crippen LogP contribution in [-0.4, -0.2) is 28.0 Å². The van der Waals surface area contributed by atoms with Gasteiger partial charge in [0.15, 0.2) is 0 Å². The van der Waals surface area contributed by atoms with E-state index in [1.807, 2.05) is 34.7 Å². The number of aryl methyl sites for hydroxylation is 2. The number of carbonyl (C=O) groups is 1. The Balaban J connectivity index is 2.77. The van der Waals surface area contributed by atoms with E-state index in [4.69, 9.17) is 10.5 Å². The summed E-state index contributed by atoms with van der Waals surface area (Å²) in [5.41, 5.74) is 7.06. The van der Waals surface area contributed by atoms with Crippen molar-refractivity contribution in [1.29, 1.82) is 0 Å². The van der Waals surface area contributed by atoms with E-state index in [-0.39, 0.29) is 6.04 Å². The molecule has 6 nitrogen and oxygen atoms in total. The molecule has 1 atom stereocenters. The van der Waals surface area contributed by atoms with Crippen molar-refractivity contribution in [3.8, 4) is 0 Å². The molecule has 1 rings (SSSR count). The van der Waals surface area contributed by atoms with Gasteiger partial charge >= 0.3 is 6.09 Å². The highest BCUT2D eigenvalue weighted by atomic mass is 16.6. The third kappa shape index (κ3) is 3.73. The SMILES string of the molecule is Cc1cnn(C)c1C(CN)NC(=O)OC(C)(C)C. The van der Waals surface area contributed by atoms with Crippen molar-refractivity contribution in [2.75, 3.05) is 6.54 Å². The molecule has 102 valence electrons. The van der Waals surface area contributed by atoms with Gasteiger partial charge in [0.2, 0.25) is 0 Å². The lowest BCUT2D eigenvalue weighted by Gasteiger charge is -2.23. The molecule has 0 bridgehead atoms. The summed E-state index contributed by atoms with van der Waals surface area (Å²) in [6, 6.07) is -0.299. The van der Waals surface area contributed by atoms with Crippen molar-refractivity contribution in [1.82, 2.24) is 15.1 Å². The van der Waals surface area contributed by atoms with Crippen molar-refractivity contribution < 1.29 is 9.53 Å². The number of nitrogens with one attached hydrogen (secondary N) is 1. The Hall–Kier alpha value is -1.56. The van der Waals surface area contributed by atoms with Crippen LogP contribution in [0.5, 0.6) is 0 Å². The van der Waals surface area contributed by atoms with Crippen LogP contribution in [0.15, 0.2) is 6.20 Å². The molecule has 0 aliphatic rings. The maximum atomic E-state index is 11.7. The first-order chi connectivity index (χ1) is 8.24. The molecule has 0 spiro atoms. The zero-order valence-corrected chi connectivity index (χ0v) is 11.7. The molecule has 18 heavy (non-hydrogen) atoms. The molecule has 1 aromatic heterocycles. The normalized spacial score (nSPS) is 13.2. The van der Waals surface area contributed by atoms with Gasteiger partial charge in [-0.3, -0.25) is 4.68 Å². The topological polar surface area (TPSA) is 82.2 Å². The van der Waals surface area contributed by atoms with Crippen molar-refractivity contribution >= 4 is 6.09 Å². The molecular weight excluding hydrogens is 232 g/mol. The fraction of sp³-hybridized carbons (Fsp3) is 0.667. The Labute approximate surface area is 107 Å². The molecule has 1 amide bonds. The Kier molecular flexibility index (Phi) is 4.34. The third-order valence-corrected chi connectivity index (χ3v) is 2.43. The number of nitrogens with zero attached hydrogens (tertiary/aromatic N) is 2. The number of alkyl carbamates (subject to hydrolysis) is 1. The second-order valence-corrected chi connectivity index (χ2v) is 5.27. The van der Waals surface area contributed by atoms with Crippen LogP contribution in [0.4, 0.5) is 4.79 Å². The van der Waals surface area contributed by atoms with Gasteiger partial charge in [-0.25, -0.2) is 4.79 Å². The Bertz CT molecular complexity index is 401. The van der Waals surface area contributed by atoms with Gasteiger partial charge in [0.05, 0.1) is 17.9 Å². The first-order valence-corrected chi connectivity index (χ1v) is 5.92. The number of rotatable bonds is 3. The number of ether oxygens (including phenoxy) is 1. The molecule has 1 unspecified atom stereocenters. The Morgan fingerprint density at radius 1 is 1.61 bits per heavy atom. The van der Waals surface area contributed by atoms with Crippen LogP contribution < -0.4 is 11.1 Å². The third-order valence-electron chi connectivity index (χ3n) is 2.43. The molecule has 0 fully saturated rings. The van der Waals surface area contributed by atoms with E-state index in [0.29, 0.717) is 6.54 Å². The van der Waals surface area contributed by atoms with E-state index in [1.54, 1.807) is 10.9 Å². The Morgan fingerprint density at radius 2 is 2.22 bits per heavy atom. The van der Waals surface area contributed by atoms with Gasteiger partial charge in [0, 0.05) is 13.6 Å². The highest BCUT2D eigenvalue weighted by molar-refractivity contribution is 5.68. The lowest BCUT2D eigenvalue weighted by atomic mass is 10.1. The summed E-state index contributed by atoms with van der Waals surface area (Å²) >= 11 is 0. The summed E-state index contributed by atoms with van der Waals surface area (Å²) in [5, 5.41) is 6.90. The lowest BCUT2D eigenvalue weighted by molar-refractivity contribution is 0.0503. The summed E-state index contributed by atoms with van der Waals surface area (Å²) < 4.78 is 6.93. The second-order valence-electron chi connectivity index (χ2n) is 5.27. The van der Waals surface area contributed by atoms with Crippen molar-refractivity contribution in [3.05, 3.63) is 17.5 Å². The molecular formula is C12H22N4O2. The summed E-state index contributed by atoms with van der Waals surface area (Å²) in [6.07, 6.45) is 1.27. The highest BCUT2D eigenvalue weighted by Gasteiger charge is 2.22. The average Bonchev–Trinajstić information content (AvgIpc) is 2.53. The number of hydrogen-bond acceptors (Lipinski definition) is 4. The molecule has 3 N–H and O–H groups in total. The summed E-state index contributed by atoms with van der Waals surface area (Å²) in [4.78, 5) is 11.7. The van der Waals surface area contributed by atoms with E-state index in [0.717, 1.165) is 11.3 Å². The van der Waals surface area contributed by atoms with E-state index in [9.17, 15) is 4.79 Å². The minimum Gasteiger partial charge on any atom is -0.444 e. The van der Waals surface area contributed by atoms with Gasteiger partial charge in [0.25, 0.3) is 0 Å². The van der Waals surface area contributed by atoms with Crippen LogP contribution >= 0.6 is 0 Å². The predicted octanol–water partition coefficient (Wildman–Crippen LogP) is 1.25. The summed E-state index contributed by atoms with van der Waals surface area (Å²) in [5.74, 6) is 0. The molecule has 0 saturated heterocycles. The summed E-state index contributed by atoms with van der Waals surface area (Å²) in [7, 11) is 1.82. The van der Waals surface area contributed by atoms with Crippen molar-refractivity contribution in [2.24, 2.45) is 12.8 Å². The summed E-state index contributed by atoms with van der Waals surface area (Å²) in [6.45, 7) is 7.68. The molecule has 1 aromatic rings. The van der Waals surface area contributed by atoms with Crippen LogP contribution in [0.25, 0.3) is 0 Å². The fourth-order valence-electron chi connectivity index (χ4n) is 1.75. The van der Waals surface area contributed by atoms with Crippen LogP contribution in [0, 0.1) is 6.92 Å². The quantitative estimate of drug-likeness (QED) is 0.850. The van der Waals surface area contributed by atoms with Crippen molar-refractivity contribution in [3.63, 3.8) is 0 Å². The monoisotopic (exact) mass is 254 g/mol. The lowest BCUT2D eigenvalue weighted by Crippen LogP contribution is -2.38. The van der Waals surface area contributed by atoms with Gasteiger partial charge in [-0.2, -0.15) is 5.10 Å². The molecule has 0 aliphatic heterocycles. The zero-order chi connectivity index (χ0) is 13.9. The van der Waals surface area contributed by atoms with Crippen molar-refractivity contribution in [2.45, 2.75) is 39.3 Å². The van der Waals surface area contributed by atoms with Crippen LogP contribution in [0.2, 0.25) is 0 Å². The zero-order valence-electron chi connectivity index (χ0n) is 11.7. The van der Waals surface area contributed by atoms with Gasteiger partial charge in [-0.1, -0.05) is 0 Å². The second kappa shape index (κ2) is 5.39. The average molecular weight is 254 g/mol. The van der Waals surface area contributed by atoms with Crippen LogP contribution in [-0.2, 0) is 11.8 Å². The number of carbonyl (C=O) groups excluding carboxylic acids is 1. The first kappa shape index (κ1) is 14.5. The van der Waals surface area contributed by atoms with E-state index < -0.39 is 11.7 Å². The molecule has 6 heteroatoms. The number of hydrogen-bond donors (Lipinski definition) is 2. The minimum atomic E-state index is -0.523. The molecule has 0 aliphatic carbocycles. The van der Waals surface area contributed by atoms with Gasteiger partial charge in [0.1, 0.15) is 5.60 Å². The van der Waals surface area contributed by atoms with Crippen LogP contribution in [0.3, 0.4) is 0 Å². The predicted molar refractivity (Wildman–Crippen MR) is 69.1 cm³/mol. The molecule has 0 saturated carbocycles. The Morgan fingerprint density at radius 3 is 2.61 bits per heavy atom. The maximum absolute atomic E-state index is 11.7. The smallest absolute Gasteiger partial charge is 0.408 e. The standard InChI is InChI=1S/C12H22N4O2/c1-8-7-14-16(5)10(8)9(6-13)15-11(17)18-12(2,3)4/h7,9H,6,13H2,1-5H3,(H,15,17). The first-order valence-electron chi connectivity index (χ1n) is 5.92. The van der Waals surface area contributed by atoms with Gasteiger partial charge < -0.3 is 15.8 Å². The fourth-order valence-corrected chi connectivity index (χ4v) is 1.75. The molecule has 0 radical (unpaired) electrons. The van der Waals surface area contributed by atoms with Gasteiger partial charge in [-0.05, 0) is 33.3 Å². The highest BCUT2D eigenvalue weighted by Crippen LogP contribution is 2.16. The maximum Gasteiger partial charge on any atom is 0.408 e. The van der Waals surface area contributed by atoms with Crippen LogP contribution in [0.1, 0.15) is 38.1 Å². The molecule has 0 aromatic carbocycles. The molecule has 1 heterocycles.